The van der Waals surface area contributed by atoms with Crippen molar-refractivity contribution in [3.8, 4) is 0 Å². The zero-order valence-corrected chi connectivity index (χ0v) is 17.1. The van der Waals surface area contributed by atoms with Crippen LogP contribution in [0.15, 0.2) is 14.5 Å². The molecule has 0 saturated heterocycles. The Morgan fingerprint density at radius 1 is 1.27 bits per heavy atom. The Kier molecular flexibility index (Phi) is 10.6. The maximum atomic E-state index is 11.8. The van der Waals surface area contributed by atoms with Crippen molar-refractivity contribution in [3.63, 3.8) is 0 Å². The molecule has 2 rings (SSSR count). The molecule has 7 heteroatoms. The summed E-state index contributed by atoms with van der Waals surface area (Å²) in [5.74, 6) is 0. The van der Waals surface area contributed by atoms with Crippen LogP contribution in [0.1, 0.15) is 59.6 Å². The van der Waals surface area contributed by atoms with Crippen LogP contribution >= 0.6 is 23.1 Å². The van der Waals surface area contributed by atoms with E-state index >= 15 is 0 Å². The molecule has 2 heterocycles. The number of rotatable bonds is 4. The SMILES string of the molecule is CC.CC.CCNC1CC(C)Sc2sc(S(=O)(=O)NC)cc21. The van der Waals surface area contributed by atoms with E-state index in [-0.39, 0.29) is 6.04 Å². The van der Waals surface area contributed by atoms with Crippen molar-refractivity contribution in [2.75, 3.05) is 13.6 Å². The Morgan fingerprint density at radius 3 is 2.36 bits per heavy atom. The van der Waals surface area contributed by atoms with Crippen LogP contribution in [0, 0.1) is 0 Å². The van der Waals surface area contributed by atoms with Crippen LogP contribution in [0.25, 0.3) is 0 Å². The molecular formula is C15H30N2O2S3. The smallest absolute Gasteiger partial charge is 0.249 e. The van der Waals surface area contributed by atoms with Gasteiger partial charge in [0.05, 0.1) is 4.21 Å². The second-order valence-corrected chi connectivity index (χ2v) is 9.16. The van der Waals surface area contributed by atoms with Crippen LogP contribution in [0.5, 0.6) is 0 Å². The van der Waals surface area contributed by atoms with Crippen LogP contribution in [0.2, 0.25) is 0 Å². The molecule has 0 bridgehead atoms. The zero-order chi connectivity index (χ0) is 17.3. The molecule has 0 aromatic carbocycles. The van der Waals surface area contributed by atoms with E-state index in [4.69, 9.17) is 0 Å². The molecule has 1 aliphatic heterocycles. The van der Waals surface area contributed by atoms with Gasteiger partial charge in [-0.1, -0.05) is 41.5 Å². The number of sulfonamides is 1. The monoisotopic (exact) mass is 366 g/mol. The Hall–Kier alpha value is -0.0800. The fourth-order valence-corrected chi connectivity index (χ4v) is 6.28. The molecule has 22 heavy (non-hydrogen) atoms. The van der Waals surface area contributed by atoms with Gasteiger partial charge in [0.25, 0.3) is 0 Å². The molecule has 0 saturated carbocycles. The molecule has 1 aliphatic rings. The molecule has 130 valence electrons. The normalized spacial score (nSPS) is 20.1. The highest BCUT2D eigenvalue weighted by molar-refractivity contribution is 8.02. The quantitative estimate of drug-likeness (QED) is 0.836. The summed E-state index contributed by atoms with van der Waals surface area (Å²) >= 11 is 3.15. The average Bonchev–Trinajstić information content (AvgIpc) is 2.96. The van der Waals surface area contributed by atoms with Gasteiger partial charge in [-0.05, 0) is 31.6 Å². The van der Waals surface area contributed by atoms with Gasteiger partial charge in [0.15, 0.2) is 0 Å². The molecule has 2 atom stereocenters. The number of hydrogen-bond donors (Lipinski definition) is 2. The third-order valence-electron chi connectivity index (χ3n) is 2.94. The lowest BCUT2D eigenvalue weighted by molar-refractivity contribution is 0.503. The highest BCUT2D eigenvalue weighted by atomic mass is 32.3. The van der Waals surface area contributed by atoms with Gasteiger partial charge in [-0.2, -0.15) is 0 Å². The largest absolute Gasteiger partial charge is 0.310 e. The van der Waals surface area contributed by atoms with E-state index in [0.717, 1.165) is 22.7 Å². The van der Waals surface area contributed by atoms with Gasteiger partial charge in [0.1, 0.15) is 4.21 Å². The Labute approximate surface area is 144 Å². The van der Waals surface area contributed by atoms with Gasteiger partial charge in [0, 0.05) is 11.3 Å². The highest BCUT2D eigenvalue weighted by Gasteiger charge is 2.29. The second kappa shape index (κ2) is 10.6. The van der Waals surface area contributed by atoms with Crippen molar-refractivity contribution in [3.05, 3.63) is 11.6 Å². The molecule has 0 spiro atoms. The predicted molar refractivity (Wildman–Crippen MR) is 99.6 cm³/mol. The van der Waals surface area contributed by atoms with Crippen LogP contribution in [0.4, 0.5) is 0 Å². The molecule has 1 aromatic heterocycles. The molecule has 2 N–H and O–H groups in total. The van der Waals surface area contributed by atoms with Crippen molar-refractivity contribution >= 4 is 33.1 Å². The average molecular weight is 367 g/mol. The first-order chi connectivity index (χ1) is 10.5. The minimum Gasteiger partial charge on any atom is -0.310 e. The Bertz CT molecular complexity index is 527. The molecular weight excluding hydrogens is 336 g/mol. The minimum atomic E-state index is -3.32. The number of thiophene rings is 1. The van der Waals surface area contributed by atoms with E-state index in [1.807, 2.05) is 33.8 Å². The molecule has 4 nitrogen and oxygen atoms in total. The summed E-state index contributed by atoms with van der Waals surface area (Å²) in [5, 5.41) is 3.95. The summed E-state index contributed by atoms with van der Waals surface area (Å²) in [6.07, 6.45) is 1.04. The summed E-state index contributed by atoms with van der Waals surface area (Å²) in [4.78, 5) is 0. The van der Waals surface area contributed by atoms with Gasteiger partial charge in [-0.15, -0.1) is 23.1 Å². The standard InChI is InChI=1S/C11H18N2O2S3.2C2H6/c1-4-13-9-5-7(2)16-11-8(9)6-10(17-11)18(14,15)12-3;2*1-2/h6-7,9,12-13H,4-5H2,1-3H3;2*1-2H3. The molecule has 1 aromatic rings. The fourth-order valence-electron chi connectivity index (χ4n) is 2.06. The first-order valence-corrected chi connectivity index (χ1v) is 11.1. The van der Waals surface area contributed by atoms with E-state index in [9.17, 15) is 8.42 Å². The summed E-state index contributed by atoms with van der Waals surface area (Å²) in [7, 11) is -1.87. The molecule has 0 radical (unpaired) electrons. The molecule has 0 aliphatic carbocycles. The lowest BCUT2D eigenvalue weighted by atomic mass is 10.1. The maximum absolute atomic E-state index is 11.8. The van der Waals surface area contributed by atoms with Crippen LogP contribution in [0.3, 0.4) is 0 Å². The lowest BCUT2D eigenvalue weighted by Gasteiger charge is -2.27. The third kappa shape index (κ3) is 5.53. The first kappa shape index (κ1) is 21.9. The van der Waals surface area contributed by atoms with Crippen molar-refractivity contribution in [2.24, 2.45) is 0 Å². The number of nitrogens with one attached hydrogen (secondary N) is 2. The van der Waals surface area contributed by atoms with Crippen molar-refractivity contribution in [1.29, 1.82) is 0 Å². The minimum absolute atomic E-state index is 0.276. The third-order valence-corrected chi connectivity index (χ3v) is 7.35. The highest BCUT2D eigenvalue weighted by Crippen LogP contribution is 2.46. The predicted octanol–water partition coefficient (Wildman–Crippen LogP) is 4.24. The van der Waals surface area contributed by atoms with Crippen LogP contribution in [-0.4, -0.2) is 27.3 Å². The van der Waals surface area contributed by atoms with Crippen molar-refractivity contribution < 1.29 is 8.42 Å². The van der Waals surface area contributed by atoms with E-state index in [1.165, 1.54) is 18.4 Å². The van der Waals surface area contributed by atoms with Gasteiger partial charge in [-0.25, -0.2) is 13.1 Å². The number of thioether (sulfide) groups is 1. The summed E-state index contributed by atoms with van der Waals surface area (Å²) in [6, 6.07) is 2.09. The van der Waals surface area contributed by atoms with E-state index in [0.29, 0.717) is 9.46 Å². The van der Waals surface area contributed by atoms with Crippen LogP contribution < -0.4 is 10.0 Å². The van der Waals surface area contributed by atoms with Crippen molar-refractivity contribution in [1.82, 2.24) is 10.0 Å². The molecule has 0 fully saturated rings. The zero-order valence-electron chi connectivity index (χ0n) is 14.7. The lowest BCUT2D eigenvalue weighted by Crippen LogP contribution is -2.26. The van der Waals surface area contributed by atoms with Gasteiger partial charge < -0.3 is 5.32 Å². The van der Waals surface area contributed by atoms with Gasteiger partial charge in [-0.3, -0.25) is 0 Å². The topological polar surface area (TPSA) is 58.2 Å². The van der Waals surface area contributed by atoms with Crippen molar-refractivity contribution in [2.45, 2.75) is 67.7 Å². The summed E-state index contributed by atoms with van der Waals surface area (Å²) < 4.78 is 27.6. The second-order valence-electron chi connectivity index (χ2n) is 4.29. The van der Waals surface area contributed by atoms with Crippen LogP contribution in [-0.2, 0) is 10.0 Å². The summed E-state index contributed by atoms with van der Waals surface area (Å²) in [5.41, 5.74) is 1.14. The fraction of sp³-hybridized carbons (Fsp3) is 0.733. The molecule has 2 unspecified atom stereocenters. The summed E-state index contributed by atoms with van der Waals surface area (Å²) in [6.45, 7) is 13.2. The number of hydrogen-bond acceptors (Lipinski definition) is 5. The van der Waals surface area contributed by atoms with E-state index < -0.39 is 10.0 Å². The van der Waals surface area contributed by atoms with E-state index in [1.54, 1.807) is 11.8 Å². The van der Waals surface area contributed by atoms with Gasteiger partial charge >= 0.3 is 0 Å². The molecule has 0 amide bonds. The Balaban J connectivity index is 0.00000102. The Morgan fingerprint density at radius 2 is 1.86 bits per heavy atom. The first-order valence-electron chi connectivity index (χ1n) is 7.95. The maximum Gasteiger partial charge on any atom is 0.249 e. The van der Waals surface area contributed by atoms with E-state index in [2.05, 4.69) is 23.9 Å². The van der Waals surface area contributed by atoms with Gasteiger partial charge in [0.2, 0.25) is 10.0 Å². The number of fused-ring (bicyclic) bond motifs is 1.